The van der Waals surface area contributed by atoms with Gasteiger partial charge in [0, 0.05) is 19.0 Å². The van der Waals surface area contributed by atoms with Crippen molar-refractivity contribution in [2.45, 2.75) is 23.8 Å². The second-order valence-electron chi connectivity index (χ2n) is 4.80. The third-order valence-corrected chi connectivity index (χ3v) is 4.53. The van der Waals surface area contributed by atoms with Crippen LogP contribution in [0.2, 0.25) is 0 Å². The number of rotatable bonds is 3. The summed E-state index contributed by atoms with van der Waals surface area (Å²) in [5, 5.41) is 9.00. The van der Waals surface area contributed by atoms with E-state index in [-0.39, 0.29) is 11.2 Å². The molecular formula is C14H15N3O2S. The van der Waals surface area contributed by atoms with Gasteiger partial charge in [-0.25, -0.2) is 0 Å². The van der Waals surface area contributed by atoms with Crippen molar-refractivity contribution in [2.24, 2.45) is 7.05 Å². The first kappa shape index (κ1) is 13.2. The molecule has 0 radical (unpaired) electrons. The molecule has 6 heteroatoms. The molecule has 104 valence electrons. The van der Waals surface area contributed by atoms with Crippen LogP contribution in [0, 0.1) is 6.92 Å². The highest BCUT2D eigenvalue weighted by Crippen LogP contribution is 2.30. The Balaban J connectivity index is 1.87. The average Bonchev–Trinajstić information content (AvgIpc) is 2.98. The largest absolute Gasteiger partial charge is 0.465 e. The number of esters is 1. The molecule has 1 atom stereocenters. The lowest BCUT2D eigenvalue weighted by atomic mass is 10.1. The number of aromatic nitrogens is 3. The van der Waals surface area contributed by atoms with E-state index in [1.54, 1.807) is 0 Å². The lowest BCUT2D eigenvalue weighted by molar-refractivity contribution is -0.137. The third kappa shape index (κ3) is 2.43. The number of carbonyl (C=O) groups is 1. The first-order chi connectivity index (χ1) is 9.65. The van der Waals surface area contributed by atoms with E-state index in [1.807, 2.05) is 36.7 Å². The van der Waals surface area contributed by atoms with Crippen LogP contribution in [0.3, 0.4) is 0 Å². The summed E-state index contributed by atoms with van der Waals surface area (Å²) < 4.78 is 6.89. The van der Waals surface area contributed by atoms with Gasteiger partial charge in [-0.1, -0.05) is 35.5 Å². The van der Waals surface area contributed by atoms with E-state index in [4.69, 9.17) is 4.74 Å². The summed E-state index contributed by atoms with van der Waals surface area (Å²) in [6.07, 6.45) is 0.732. The Morgan fingerprint density at radius 3 is 2.95 bits per heavy atom. The van der Waals surface area contributed by atoms with Crippen molar-refractivity contribution >= 4 is 17.7 Å². The zero-order chi connectivity index (χ0) is 14.1. The van der Waals surface area contributed by atoms with E-state index in [1.165, 1.54) is 17.3 Å². The zero-order valence-corrected chi connectivity index (χ0v) is 12.2. The SMILES string of the molecule is Cc1cccc(-c2nnc(S[C@@H]3CCOC3=O)n2C)c1. The topological polar surface area (TPSA) is 57.0 Å². The molecule has 0 aliphatic carbocycles. The van der Waals surface area contributed by atoms with E-state index >= 15 is 0 Å². The van der Waals surface area contributed by atoms with Crippen LogP contribution < -0.4 is 0 Å². The summed E-state index contributed by atoms with van der Waals surface area (Å²) in [5.74, 6) is 0.651. The highest BCUT2D eigenvalue weighted by molar-refractivity contribution is 8.00. The van der Waals surface area contributed by atoms with E-state index in [2.05, 4.69) is 16.3 Å². The number of thioether (sulfide) groups is 1. The van der Waals surface area contributed by atoms with Crippen molar-refractivity contribution < 1.29 is 9.53 Å². The van der Waals surface area contributed by atoms with Crippen LogP contribution in [0.4, 0.5) is 0 Å². The first-order valence-electron chi connectivity index (χ1n) is 6.45. The Morgan fingerprint density at radius 2 is 2.25 bits per heavy atom. The van der Waals surface area contributed by atoms with Gasteiger partial charge in [0.1, 0.15) is 5.25 Å². The van der Waals surface area contributed by atoms with Crippen molar-refractivity contribution in [3.63, 3.8) is 0 Å². The van der Waals surface area contributed by atoms with Gasteiger partial charge < -0.3 is 9.30 Å². The van der Waals surface area contributed by atoms with E-state index in [0.717, 1.165) is 23.0 Å². The second kappa shape index (κ2) is 5.28. The summed E-state index contributed by atoms with van der Waals surface area (Å²) in [6.45, 7) is 2.54. The predicted octanol–water partition coefficient (Wildman–Crippen LogP) is 2.20. The molecule has 0 spiro atoms. The van der Waals surface area contributed by atoms with Crippen LogP contribution >= 0.6 is 11.8 Å². The van der Waals surface area contributed by atoms with Gasteiger partial charge in [-0.05, 0) is 13.0 Å². The Hall–Kier alpha value is -1.82. The van der Waals surface area contributed by atoms with Crippen molar-refractivity contribution in [3.05, 3.63) is 29.8 Å². The fourth-order valence-corrected chi connectivity index (χ4v) is 3.13. The van der Waals surface area contributed by atoms with Gasteiger partial charge >= 0.3 is 5.97 Å². The molecule has 5 nitrogen and oxygen atoms in total. The molecule has 2 heterocycles. The molecule has 0 amide bonds. The van der Waals surface area contributed by atoms with Crippen LogP contribution in [0.5, 0.6) is 0 Å². The Labute approximate surface area is 121 Å². The summed E-state index contributed by atoms with van der Waals surface area (Å²) in [4.78, 5) is 11.5. The van der Waals surface area contributed by atoms with Crippen LogP contribution in [0.15, 0.2) is 29.4 Å². The van der Waals surface area contributed by atoms with Crippen LogP contribution in [-0.2, 0) is 16.6 Å². The molecule has 1 saturated heterocycles. The minimum atomic E-state index is -0.164. The lowest BCUT2D eigenvalue weighted by Gasteiger charge is -2.06. The van der Waals surface area contributed by atoms with Crippen molar-refractivity contribution in [2.75, 3.05) is 6.61 Å². The zero-order valence-electron chi connectivity index (χ0n) is 11.4. The predicted molar refractivity (Wildman–Crippen MR) is 76.4 cm³/mol. The van der Waals surface area contributed by atoms with E-state index in [0.29, 0.717) is 6.61 Å². The van der Waals surface area contributed by atoms with Gasteiger partial charge in [-0.2, -0.15) is 0 Å². The van der Waals surface area contributed by atoms with Gasteiger partial charge in [0.15, 0.2) is 11.0 Å². The molecule has 1 aromatic heterocycles. The maximum atomic E-state index is 11.5. The Bertz CT molecular complexity index is 654. The average molecular weight is 289 g/mol. The van der Waals surface area contributed by atoms with Gasteiger partial charge in [0.25, 0.3) is 0 Å². The molecule has 1 aliphatic heterocycles. The molecule has 20 heavy (non-hydrogen) atoms. The first-order valence-corrected chi connectivity index (χ1v) is 7.33. The number of ether oxygens (including phenoxy) is 1. The molecule has 1 aliphatic rings. The number of cyclic esters (lactones) is 1. The van der Waals surface area contributed by atoms with E-state index in [9.17, 15) is 4.79 Å². The lowest BCUT2D eigenvalue weighted by Crippen LogP contribution is -2.10. The number of nitrogens with zero attached hydrogens (tertiary/aromatic N) is 3. The number of hydrogen-bond donors (Lipinski definition) is 0. The normalized spacial score (nSPS) is 18.3. The minimum absolute atomic E-state index is 0.157. The highest BCUT2D eigenvalue weighted by Gasteiger charge is 2.29. The summed E-state index contributed by atoms with van der Waals surface area (Å²) >= 11 is 1.42. The molecule has 0 bridgehead atoms. The molecule has 1 aromatic carbocycles. The smallest absolute Gasteiger partial charge is 0.319 e. The molecule has 0 saturated carbocycles. The van der Waals surface area contributed by atoms with Crippen LogP contribution in [0.1, 0.15) is 12.0 Å². The monoisotopic (exact) mass is 289 g/mol. The fraction of sp³-hybridized carbons (Fsp3) is 0.357. The summed E-state index contributed by atoms with van der Waals surface area (Å²) in [5.41, 5.74) is 2.21. The highest BCUT2D eigenvalue weighted by atomic mass is 32.2. The molecular weight excluding hydrogens is 274 g/mol. The maximum Gasteiger partial charge on any atom is 0.319 e. The number of benzene rings is 1. The second-order valence-corrected chi connectivity index (χ2v) is 5.97. The number of aryl methyl sites for hydroxylation is 1. The van der Waals surface area contributed by atoms with Crippen LogP contribution in [-0.4, -0.2) is 32.6 Å². The van der Waals surface area contributed by atoms with Gasteiger partial charge in [-0.3, -0.25) is 4.79 Å². The minimum Gasteiger partial charge on any atom is -0.465 e. The third-order valence-electron chi connectivity index (χ3n) is 3.25. The van der Waals surface area contributed by atoms with Gasteiger partial charge in [0.2, 0.25) is 0 Å². The number of hydrogen-bond acceptors (Lipinski definition) is 5. The summed E-state index contributed by atoms with van der Waals surface area (Å²) in [7, 11) is 1.92. The van der Waals surface area contributed by atoms with Crippen molar-refractivity contribution in [1.29, 1.82) is 0 Å². The molecule has 0 unspecified atom stereocenters. The molecule has 3 rings (SSSR count). The molecule has 1 fully saturated rings. The Morgan fingerprint density at radius 1 is 1.40 bits per heavy atom. The van der Waals surface area contributed by atoms with Crippen LogP contribution in [0.25, 0.3) is 11.4 Å². The molecule has 2 aromatic rings. The van der Waals surface area contributed by atoms with Gasteiger partial charge in [0.05, 0.1) is 6.61 Å². The Kier molecular flexibility index (Phi) is 3.48. The fourth-order valence-electron chi connectivity index (χ4n) is 2.16. The van der Waals surface area contributed by atoms with Crippen molar-refractivity contribution in [3.8, 4) is 11.4 Å². The van der Waals surface area contributed by atoms with Crippen molar-refractivity contribution in [1.82, 2.24) is 14.8 Å². The number of carbonyl (C=O) groups excluding carboxylic acids is 1. The van der Waals surface area contributed by atoms with E-state index < -0.39 is 0 Å². The van der Waals surface area contributed by atoms with Gasteiger partial charge in [-0.15, -0.1) is 10.2 Å². The standard InChI is InChI=1S/C14H15N3O2S/c1-9-4-3-5-10(8-9)12-15-16-14(17(12)2)20-11-6-7-19-13(11)18/h3-5,8,11H,6-7H2,1-2H3/t11-/m1/s1. The molecule has 0 N–H and O–H groups in total. The maximum absolute atomic E-state index is 11.5. The summed E-state index contributed by atoms with van der Waals surface area (Å²) in [6, 6.07) is 8.13. The quantitative estimate of drug-likeness (QED) is 0.811.